The molecule has 2 aromatic rings. The first-order valence-electron chi connectivity index (χ1n) is 6.10. The SMILES string of the molecule is CCOC(=O)c1ccc(Sc2ccc(F)cc2)c(N)c1. The maximum Gasteiger partial charge on any atom is 0.338 e. The zero-order chi connectivity index (χ0) is 14.5. The second kappa shape index (κ2) is 6.43. The lowest BCUT2D eigenvalue weighted by Gasteiger charge is -2.08. The van der Waals surface area contributed by atoms with E-state index in [1.807, 2.05) is 0 Å². The number of hydrogen-bond donors (Lipinski definition) is 1. The van der Waals surface area contributed by atoms with Crippen LogP contribution in [-0.2, 0) is 4.74 Å². The van der Waals surface area contributed by atoms with Crippen molar-refractivity contribution in [2.24, 2.45) is 0 Å². The van der Waals surface area contributed by atoms with E-state index >= 15 is 0 Å². The van der Waals surface area contributed by atoms with Crippen molar-refractivity contribution in [1.82, 2.24) is 0 Å². The van der Waals surface area contributed by atoms with Crippen molar-refractivity contribution in [3.8, 4) is 0 Å². The Morgan fingerprint density at radius 1 is 1.25 bits per heavy atom. The van der Waals surface area contributed by atoms with Gasteiger partial charge in [0.1, 0.15) is 5.82 Å². The summed E-state index contributed by atoms with van der Waals surface area (Å²) in [5, 5.41) is 0. The van der Waals surface area contributed by atoms with Crippen LogP contribution in [0, 0.1) is 5.82 Å². The van der Waals surface area contributed by atoms with E-state index < -0.39 is 5.97 Å². The molecule has 0 aliphatic rings. The molecule has 2 aromatic carbocycles. The minimum absolute atomic E-state index is 0.278. The van der Waals surface area contributed by atoms with E-state index in [2.05, 4.69) is 0 Å². The summed E-state index contributed by atoms with van der Waals surface area (Å²) in [5.41, 5.74) is 6.84. The molecule has 5 heteroatoms. The summed E-state index contributed by atoms with van der Waals surface area (Å²) in [6.07, 6.45) is 0. The molecule has 0 spiro atoms. The smallest absolute Gasteiger partial charge is 0.338 e. The highest BCUT2D eigenvalue weighted by Crippen LogP contribution is 2.32. The van der Waals surface area contributed by atoms with Gasteiger partial charge in [-0.25, -0.2) is 9.18 Å². The second-order valence-electron chi connectivity index (χ2n) is 4.03. The first-order valence-corrected chi connectivity index (χ1v) is 6.92. The Kier molecular flexibility index (Phi) is 4.63. The largest absolute Gasteiger partial charge is 0.462 e. The van der Waals surface area contributed by atoms with E-state index in [-0.39, 0.29) is 5.82 Å². The molecule has 104 valence electrons. The number of rotatable bonds is 4. The van der Waals surface area contributed by atoms with Crippen LogP contribution in [0.2, 0.25) is 0 Å². The standard InChI is InChI=1S/C15H14FNO2S/c1-2-19-15(18)10-3-8-14(13(17)9-10)20-12-6-4-11(16)5-7-12/h3-9H,2,17H2,1H3. The molecule has 0 radical (unpaired) electrons. The average Bonchev–Trinajstić information content (AvgIpc) is 2.43. The molecule has 0 unspecified atom stereocenters. The van der Waals surface area contributed by atoms with Crippen LogP contribution in [0.15, 0.2) is 52.3 Å². The molecule has 0 aliphatic heterocycles. The fourth-order valence-corrected chi connectivity index (χ4v) is 2.45. The third-order valence-electron chi connectivity index (χ3n) is 2.56. The number of anilines is 1. The number of halogens is 1. The second-order valence-corrected chi connectivity index (χ2v) is 5.14. The normalized spacial score (nSPS) is 10.3. The van der Waals surface area contributed by atoms with Gasteiger partial charge in [0.05, 0.1) is 12.2 Å². The van der Waals surface area contributed by atoms with Gasteiger partial charge in [-0.05, 0) is 49.4 Å². The molecule has 0 heterocycles. The minimum atomic E-state index is -0.391. The predicted molar refractivity (Wildman–Crippen MR) is 77.3 cm³/mol. The van der Waals surface area contributed by atoms with E-state index in [4.69, 9.17) is 10.5 Å². The molecule has 0 bridgehead atoms. The Balaban J connectivity index is 2.17. The minimum Gasteiger partial charge on any atom is -0.462 e. The summed E-state index contributed by atoms with van der Waals surface area (Å²) in [4.78, 5) is 13.3. The summed E-state index contributed by atoms with van der Waals surface area (Å²) in [6.45, 7) is 2.07. The van der Waals surface area contributed by atoms with E-state index in [0.29, 0.717) is 17.9 Å². The average molecular weight is 291 g/mol. The first kappa shape index (κ1) is 14.4. The highest BCUT2D eigenvalue weighted by molar-refractivity contribution is 7.99. The lowest BCUT2D eigenvalue weighted by Crippen LogP contribution is -2.05. The molecule has 0 atom stereocenters. The van der Waals surface area contributed by atoms with Crippen LogP contribution in [0.3, 0.4) is 0 Å². The summed E-state index contributed by atoms with van der Waals surface area (Å²) < 4.78 is 17.7. The Morgan fingerprint density at radius 2 is 1.95 bits per heavy atom. The van der Waals surface area contributed by atoms with Crippen LogP contribution < -0.4 is 5.73 Å². The highest BCUT2D eigenvalue weighted by atomic mass is 32.2. The number of hydrogen-bond acceptors (Lipinski definition) is 4. The Labute approximate surface area is 120 Å². The van der Waals surface area contributed by atoms with Gasteiger partial charge in [0.25, 0.3) is 0 Å². The van der Waals surface area contributed by atoms with Crippen LogP contribution in [0.5, 0.6) is 0 Å². The van der Waals surface area contributed by atoms with Gasteiger partial charge < -0.3 is 10.5 Å². The Bertz CT molecular complexity index is 614. The van der Waals surface area contributed by atoms with Gasteiger partial charge in [0.15, 0.2) is 0 Å². The summed E-state index contributed by atoms with van der Waals surface area (Å²) in [6, 6.07) is 11.2. The van der Waals surface area contributed by atoms with Crippen molar-refractivity contribution in [3.63, 3.8) is 0 Å². The molecule has 3 nitrogen and oxygen atoms in total. The van der Waals surface area contributed by atoms with Crippen LogP contribution in [0.25, 0.3) is 0 Å². The topological polar surface area (TPSA) is 52.3 Å². The molecule has 0 saturated carbocycles. The molecule has 0 amide bonds. The van der Waals surface area contributed by atoms with Crippen LogP contribution in [0.1, 0.15) is 17.3 Å². The van der Waals surface area contributed by atoms with Gasteiger partial charge in [-0.15, -0.1) is 0 Å². The van der Waals surface area contributed by atoms with Gasteiger partial charge in [-0.1, -0.05) is 11.8 Å². The maximum atomic E-state index is 12.8. The van der Waals surface area contributed by atoms with Gasteiger partial charge >= 0.3 is 5.97 Å². The number of nitrogens with two attached hydrogens (primary N) is 1. The van der Waals surface area contributed by atoms with Crippen molar-refractivity contribution in [2.75, 3.05) is 12.3 Å². The van der Waals surface area contributed by atoms with Crippen molar-refractivity contribution in [3.05, 3.63) is 53.8 Å². The van der Waals surface area contributed by atoms with Crippen molar-refractivity contribution in [2.45, 2.75) is 16.7 Å². The fourth-order valence-electron chi connectivity index (χ4n) is 1.61. The van der Waals surface area contributed by atoms with Crippen molar-refractivity contribution < 1.29 is 13.9 Å². The third kappa shape index (κ3) is 3.51. The molecule has 0 saturated heterocycles. The lowest BCUT2D eigenvalue weighted by molar-refractivity contribution is 0.0526. The molecule has 0 aromatic heterocycles. The summed E-state index contributed by atoms with van der Waals surface area (Å²) >= 11 is 1.41. The first-order chi connectivity index (χ1) is 9.60. The fraction of sp³-hybridized carbons (Fsp3) is 0.133. The molecule has 2 N–H and O–H groups in total. The molecule has 0 aliphatic carbocycles. The zero-order valence-corrected chi connectivity index (χ0v) is 11.7. The van der Waals surface area contributed by atoms with Gasteiger partial charge in [0.2, 0.25) is 0 Å². The molecule has 0 fully saturated rings. The number of esters is 1. The summed E-state index contributed by atoms with van der Waals surface area (Å²) in [7, 11) is 0. The van der Waals surface area contributed by atoms with E-state index in [1.165, 1.54) is 23.9 Å². The molecule has 20 heavy (non-hydrogen) atoms. The number of carbonyl (C=O) groups excluding carboxylic acids is 1. The number of nitrogen functional groups attached to an aromatic ring is 1. The van der Waals surface area contributed by atoms with Gasteiger partial charge in [0, 0.05) is 15.5 Å². The maximum absolute atomic E-state index is 12.8. The Morgan fingerprint density at radius 3 is 2.55 bits per heavy atom. The third-order valence-corrected chi connectivity index (χ3v) is 3.66. The van der Waals surface area contributed by atoms with Crippen LogP contribution in [0.4, 0.5) is 10.1 Å². The molecular formula is C15H14FNO2S. The number of carbonyl (C=O) groups is 1. The van der Waals surface area contributed by atoms with Gasteiger partial charge in [-0.2, -0.15) is 0 Å². The summed E-state index contributed by atoms with van der Waals surface area (Å²) in [5.74, 6) is -0.669. The monoisotopic (exact) mass is 291 g/mol. The van der Waals surface area contributed by atoms with Crippen molar-refractivity contribution in [1.29, 1.82) is 0 Å². The van der Waals surface area contributed by atoms with Crippen LogP contribution >= 0.6 is 11.8 Å². The Hall–Kier alpha value is -2.01. The lowest BCUT2D eigenvalue weighted by atomic mass is 10.2. The van der Waals surface area contributed by atoms with E-state index in [1.54, 1.807) is 37.3 Å². The number of ether oxygens (including phenoxy) is 1. The zero-order valence-electron chi connectivity index (χ0n) is 10.9. The quantitative estimate of drug-likeness (QED) is 0.688. The number of benzene rings is 2. The van der Waals surface area contributed by atoms with E-state index in [0.717, 1.165) is 9.79 Å². The molecule has 2 rings (SSSR count). The highest BCUT2D eigenvalue weighted by Gasteiger charge is 2.09. The van der Waals surface area contributed by atoms with Crippen molar-refractivity contribution >= 4 is 23.4 Å². The predicted octanol–water partition coefficient (Wildman–Crippen LogP) is 3.74. The molecular weight excluding hydrogens is 277 g/mol. The van der Waals surface area contributed by atoms with Gasteiger partial charge in [-0.3, -0.25) is 0 Å². The van der Waals surface area contributed by atoms with E-state index in [9.17, 15) is 9.18 Å². The van der Waals surface area contributed by atoms with Crippen LogP contribution in [-0.4, -0.2) is 12.6 Å².